The van der Waals surface area contributed by atoms with Gasteiger partial charge < -0.3 is 9.84 Å². The van der Waals surface area contributed by atoms with Crippen molar-refractivity contribution in [2.45, 2.75) is 26.8 Å². The molecular formula is C28H27NO4. The van der Waals surface area contributed by atoms with Crippen LogP contribution in [0.5, 0.6) is 5.75 Å². The van der Waals surface area contributed by atoms with Gasteiger partial charge in [0.25, 0.3) is 11.7 Å². The zero-order valence-corrected chi connectivity index (χ0v) is 19.0. The second-order valence-corrected chi connectivity index (χ2v) is 8.65. The van der Waals surface area contributed by atoms with Crippen molar-refractivity contribution in [2.75, 3.05) is 11.5 Å². The van der Waals surface area contributed by atoms with E-state index in [9.17, 15) is 14.7 Å². The Balaban J connectivity index is 1.85. The number of aryl methyl sites for hydroxylation is 1. The molecule has 5 nitrogen and oxygen atoms in total. The number of hydrogen-bond acceptors (Lipinski definition) is 4. The molecule has 33 heavy (non-hydrogen) atoms. The van der Waals surface area contributed by atoms with Crippen LogP contribution in [-0.2, 0) is 9.59 Å². The maximum absolute atomic E-state index is 13.2. The summed E-state index contributed by atoms with van der Waals surface area (Å²) in [5.41, 5.74) is 2.82. The van der Waals surface area contributed by atoms with E-state index in [1.807, 2.05) is 55.5 Å². The molecule has 1 atom stereocenters. The molecule has 0 aliphatic carbocycles. The van der Waals surface area contributed by atoms with Crippen molar-refractivity contribution in [1.82, 2.24) is 0 Å². The molecular weight excluding hydrogens is 414 g/mol. The van der Waals surface area contributed by atoms with Crippen LogP contribution in [0.25, 0.3) is 5.76 Å². The zero-order chi connectivity index (χ0) is 23.5. The Kier molecular flexibility index (Phi) is 6.31. The van der Waals surface area contributed by atoms with Crippen LogP contribution in [0.15, 0.2) is 84.4 Å². The third-order valence-electron chi connectivity index (χ3n) is 5.53. The molecule has 1 saturated heterocycles. The molecule has 0 aromatic heterocycles. The van der Waals surface area contributed by atoms with E-state index >= 15 is 0 Å². The first-order valence-electron chi connectivity index (χ1n) is 11.0. The Hall–Kier alpha value is -3.86. The van der Waals surface area contributed by atoms with Crippen molar-refractivity contribution < 1.29 is 19.4 Å². The maximum atomic E-state index is 13.2. The second kappa shape index (κ2) is 9.33. The quantitative estimate of drug-likeness (QED) is 0.305. The number of amides is 1. The topological polar surface area (TPSA) is 66.8 Å². The molecule has 1 N–H and O–H groups in total. The van der Waals surface area contributed by atoms with Crippen molar-refractivity contribution >= 4 is 23.1 Å². The molecule has 0 radical (unpaired) electrons. The number of hydrogen-bond donors (Lipinski definition) is 1. The van der Waals surface area contributed by atoms with E-state index in [1.54, 1.807) is 30.3 Å². The number of ketones is 1. The Labute approximate surface area is 193 Å². The lowest BCUT2D eigenvalue weighted by Crippen LogP contribution is -2.29. The normalized spacial score (nSPS) is 17.6. The Morgan fingerprint density at radius 1 is 0.970 bits per heavy atom. The highest BCUT2D eigenvalue weighted by molar-refractivity contribution is 6.51. The van der Waals surface area contributed by atoms with Gasteiger partial charge in [0.1, 0.15) is 11.5 Å². The smallest absolute Gasteiger partial charge is 0.300 e. The van der Waals surface area contributed by atoms with E-state index in [2.05, 4.69) is 13.8 Å². The molecule has 1 fully saturated rings. The van der Waals surface area contributed by atoms with Crippen LogP contribution < -0.4 is 9.64 Å². The van der Waals surface area contributed by atoms with Gasteiger partial charge in [-0.2, -0.15) is 0 Å². The monoisotopic (exact) mass is 441 g/mol. The molecule has 5 heteroatoms. The molecule has 0 saturated carbocycles. The largest absolute Gasteiger partial charge is 0.507 e. The van der Waals surface area contributed by atoms with Crippen LogP contribution in [0, 0.1) is 12.8 Å². The summed E-state index contributed by atoms with van der Waals surface area (Å²) in [5.74, 6) is -0.649. The van der Waals surface area contributed by atoms with E-state index in [0.717, 1.165) is 11.1 Å². The van der Waals surface area contributed by atoms with Crippen LogP contribution in [0.1, 0.15) is 36.6 Å². The van der Waals surface area contributed by atoms with Crippen molar-refractivity contribution in [3.63, 3.8) is 0 Å². The van der Waals surface area contributed by atoms with Gasteiger partial charge in [0.05, 0.1) is 18.2 Å². The first-order valence-corrected chi connectivity index (χ1v) is 11.0. The van der Waals surface area contributed by atoms with E-state index in [0.29, 0.717) is 29.5 Å². The summed E-state index contributed by atoms with van der Waals surface area (Å²) in [7, 11) is 0. The minimum Gasteiger partial charge on any atom is -0.507 e. The van der Waals surface area contributed by atoms with Crippen LogP contribution in [-0.4, -0.2) is 23.4 Å². The van der Waals surface area contributed by atoms with Gasteiger partial charge in [0.15, 0.2) is 0 Å². The molecule has 1 heterocycles. The van der Waals surface area contributed by atoms with Gasteiger partial charge in [-0.25, -0.2) is 0 Å². The summed E-state index contributed by atoms with van der Waals surface area (Å²) in [6.45, 7) is 6.57. The van der Waals surface area contributed by atoms with Crippen molar-refractivity contribution in [1.29, 1.82) is 0 Å². The fourth-order valence-corrected chi connectivity index (χ4v) is 3.98. The molecule has 1 aliphatic heterocycles. The van der Waals surface area contributed by atoms with Crippen LogP contribution >= 0.6 is 0 Å². The number of nitrogens with zero attached hydrogens (tertiary/aromatic N) is 1. The fraction of sp³-hybridized carbons (Fsp3) is 0.214. The second-order valence-electron chi connectivity index (χ2n) is 8.65. The van der Waals surface area contributed by atoms with Crippen LogP contribution in [0.2, 0.25) is 0 Å². The summed E-state index contributed by atoms with van der Waals surface area (Å²) in [4.78, 5) is 27.9. The molecule has 1 aliphatic rings. The van der Waals surface area contributed by atoms with Crippen molar-refractivity contribution in [3.8, 4) is 5.75 Å². The number of aliphatic hydroxyl groups excluding tert-OH is 1. The van der Waals surface area contributed by atoms with Gasteiger partial charge in [-0.1, -0.05) is 68.4 Å². The van der Waals surface area contributed by atoms with Crippen molar-refractivity contribution in [3.05, 3.63) is 101 Å². The van der Waals surface area contributed by atoms with E-state index < -0.39 is 17.7 Å². The lowest BCUT2D eigenvalue weighted by molar-refractivity contribution is -0.132. The van der Waals surface area contributed by atoms with Crippen LogP contribution in [0.4, 0.5) is 5.69 Å². The number of anilines is 1. The first kappa shape index (κ1) is 22.3. The standard InChI is InChI=1S/C28H27NO4/c1-18(2)17-33-23-14-8-12-21(16-23)26(30)24-25(20-10-5-4-6-11-20)29(28(32)27(24)31)22-13-7-9-19(3)15-22/h4-16,18,25,30H,17H2,1-3H3/b26-24+. The minimum atomic E-state index is -0.742. The number of Topliss-reactive ketones (excluding diaryl/α,β-unsaturated/α-hetero) is 1. The number of ether oxygens (including phenoxy) is 1. The predicted octanol–water partition coefficient (Wildman–Crippen LogP) is 5.66. The third kappa shape index (κ3) is 4.53. The molecule has 168 valence electrons. The summed E-state index contributed by atoms with van der Waals surface area (Å²) < 4.78 is 5.79. The van der Waals surface area contributed by atoms with E-state index in [4.69, 9.17) is 4.74 Å². The number of carbonyl (C=O) groups is 2. The minimum absolute atomic E-state index is 0.0636. The average molecular weight is 442 g/mol. The highest BCUT2D eigenvalue weighted by Gasteiger charge is 2.46. The molecule has 3 aromatic rings. The summed E-state index contributed by atoms with van der Waals surface area (Å²) in [5, 5.41) is 11.3. The number of aliphatic hydroxyl groups is 1. The molecule has 1 amide bonds. The van der Waals surface area contributed by atoms with Crippen LogP contribution in [0.3, 0.4) is 0 Å². The third-order valence-corrected chi connectivity index (χ3v) is 5.53. The summed E-state index contributed by atoms with van der Waals surface area (Å²) in [6, 6.07) is 23.0. The average Bonchev–Trinajstić information content (AvgIpc) is 3.08. The lowest BCUT2D eigenvalue weighted by atomic mass is 9.95. The highest BCUT2D eigenvalue weighted by atomic mass is 16.5. The van der Waals surface area contributed by atoms with Gasteiger partial charge in [-0.15, -0.1) is 0 Å². The first-order chi connectivity index (χ1) is 15.9. The SMILES string of the molecule is Cc1cccc(N2C(=O)C(=O)/C(=C(/O)c3cccc(OCC(C)C)c3)C2c2ccccc2)c1. The molecule has 0 bridgehead atoms. The molecule has 3 aromatic carbocycles. The fourth-order valence-electron chi connectivity index (χ4n) is 3.98. The van der Waals surface area contributed by atoms with Gasteiger partial charge in [-0.3, -0.25) is 14.5 Å². The summed E-state index contributed by atoms with van der Waals surface area (Å²) >= 11 is 0. The van der Waals surface area contributed by atoms with Gasteiger partial charge >= 0.3 is 0 Å². The Morgan fingerprint density at radius 3 is 2.39 bits per heavy atom. The summed E-state index contributed by atoms with van der Waals surface area (Å²) in [6.07, 6.45) is 0. The molecule has 1 unspecified atom stereocenters. The zero-order valence-electron chi connectivity index (χ0n) is 19.0. The Morgan fingerprint density at radius 2 is 1.70 bits per heavy atom. The number of carbonyl (C=O) groups excluding carboxylic acids is 2. The van der Waals surface area contributed by atoms with Gasteiger partial charge in [0.2, 0.25) is 0 Å². The lowest BCUT2D eigenvalue weighted by Gasteiger charge is -2.25. The van der Waals surface area contributed by atoms with Gasteiger partial charge in [0, 0.05) is 11.3 Å². The number of rotatable bonds is 6. The van der Waals surface area contributed by atoms with Crippen molar-refractivity contribution in [2.24, 2.45) is 5.92 Å². The molecule has 0 spiro atoms. The maximum Gasteiger partial charge on any atom is 0.300 e. The highest BCUT2D eigenvalue weighted by Crippen LogP contribution is 2.42. The van der Waals surface area contributed by atoms with Gasteiger partial charge in [-0.05, 0) is 48.2 Å². The predicted molar refractivity (Wildman–Crippen MR) is 129 cm³/mol. The van der Waals surface area contributed by atoms with E-state index in [1.165, 1.54) is 4.90 Å². The van der Waals surface area contributed by atoms with E-state index in [-0.39, 0.29) is 11.3 Å². The Bertz CT molecular complexity index is 1210. The number of benzene rings is 3. The molecule has 4 rings (SSSR count).